The van der Waals surface area contributed by atoms with Gasteiger partial charge in [-0.15, -0.1) is 0 Å². The first-order valence-corrected chi connectivity index (χ1v) is 9.90. The molecule has 1 unspecified atom stereocenters. The Morgan fingerprint density at radius 2 is 1.89 bits per heavy atom. The van der Waals surface area contributed by atoms with Gasteiger partial charge in [-0.1, -0.05) is 37.3 Å². The summed E-state index contributed by atoms with van der Waals surface area (Å²) in [6.45, 7) is 6.87. The van der Waals surface area contributed by atoms with Crippen LogP contribution < -0.4 is 15.4 Å². The zero-order chi connectivity index (χ0) is 19.1. The van der Waals surface area contributed by atoms with Crippen LogP contribution in [0.5, 0.6) is 5.75 Å². The fraction of sp³-hybridized carbons (Fsp3) is 0.435. The number of rotatable bonds is 7. The van der Waals surface area contributed by atoms with E-state index in [-0.39, 0.29) is 5.91 Å². The van der Waals surface area contributed by atoms with E-state index in [0.717, 1.165) is 35.7 Å². The van der Waals surface area contributed by atoms with Crippen LogP contribution in [0.15, 0.2) is 48.5 Å². The Hall–Kier alpha value is -2.33. The third-order valence-corrected chi connectivity index (χ3v) is 5.55. The number of carbonyl (C=O) groups is 1. The summed E-state index contributed by atoms with van der Waals surface area (Å²) in [6.07, 6.45) is 2.91. The third-order valence-electron chi connectivity index (χ3n) is 5.55. The van der Waals surface area contributed by atoms with Crippen molar-refractivity contribution in [1.29, 1.82) is 0 Å². The van der Waals surface area contributed by atoms with E-state index in [1.54, 1.807) is 0 Å². The lowest BCUT2D eigenvalue weighted by atomic mass is 9.84. The van der Waals surface area contributed by atoms with Crippen LogP contribution in [0.2, 0.25) is 0 Å². The predicted octanol–water partition coefficient (Wildman–Crippen LogP) is 4.54. The second kappa shape index (κ2) is 9.56. The van der Waals surface area contributed by atoms with E-state index in [2.05, 4.69) is 17.6 Å². The number of para-hydroxylation sites is 1. The summed E-state index contributed by atoms with van der Waals surface area (Å²) in [7, 11) is 0. The molecule has 1 atom stereocenters. The summed E-state index contributed by atoms with van der Waals surface area (Å²) in [4.78, 5) is 12.6. The summed E-state index contributed by atoms with van der Waals surface area (Å²) < 4.78 is 5.86. The molecular formula is C23H30N2O2. The number of amides is 1. The molecule has 1 amide bonds. The van der Waals surface area contributed by atoms with Gasteiger partial charge >= 0.3 is 0 Å². The van der Waals surface area contributed by atoms with Crippen LogP contribution in [0.25, 0.3) is 0 Å². The molecule has 0 saturated carbocycles. The number of ether oxygens (including phenoxy) is 1. The van der Waals surface area contributed by atoms with Gasteiger partial charge in [-0.3, -0.25) is 4.79 Å². The number of carbonyl (C=O) groups excluding carboxylic acids is 1. The minimum Gasteiger partial charge on any atom is -0.489 e. The molecule has 2 aromatic rings. The smallest absolute Gasteiger partial charge is 0.224 e. The summed E-state index contributed by atoms with van der Waals surface area (Å²) in [5, 5.41) is 6.50. The van der Waals surface area contributed by atoms with Crippen molar-refractivity contribution < 1.29 is 9.53 Å². The molecule has 4 heteroatoms. The second-order valence-electron chi connectivity index (χ2n) is 7.51. The van der Waals surface area contributed by atoms with Gasteiger partial charge in [-0.25, -0.2) is 0 Å². The van der Waals surface area contributed by atoms with Crippen LogP contribution >= 0.6 is 0 Å². The maximum absolute atomic E-state index is 12.6. The Morgan fingerprint density at radius 3 is 2.63 bits per heavy atom. The second-order valence-corrected chi connectivity index (χ2v) is 7.51. The number of anilines is 1. The molecule has 0 spiro atoms. The van der Waals surface area contributed by atoms with Crippen molar-refractivity contribution in [3.8, 4) is 5.75 Å². The standard InChI is InChI=1S/C23H30N2O2/c1-17(19-11-13-24-14-12-19)15-23(26)25-22-10-6-7-20(18(22)2)16-27-21-8-4-3-5-9-21/h3-10,17,19,24H,11-16H2,1-2H3,(H,25,26). The molecule has 0 bridgehead atoms. The predicted molar refractivity (Wildman–Crippen MR) is 110 cm³/mol. The Bertz CT molecular complexity index is 739. The summed E-state index contributed by atoms with van der Waals surface area (Å²) >= 11 is 0. The number of benzene rings is 2. The van der Waals surface area contributed by atoms with E-state index in [4.69, 9.17) is 4.74 Å². The molecule has 0 aliphatic carbocycles. The van der Waals surface area contributed by atoms with Gasteiger partial charge in [-0.2, -0.15) is 0 Å². The van der Waals surface area contributed by atoms with Crippen LogP contribution in [0, 0.1) is 18.8 Å². The fourth-order valence-corrected chi connectivity index (χ4v) is 3.73. The molecule has 27 heavy (non-hydrogen) atoms. The largest absolute Gasteiger partial charge is 0.489 e. The zero-order valence-electron chi connectivity index (χ0n) is 16.3. The van der Waals surface area contributed by atoms with E-state index in [0.29, 0.717) is 24.9 Å². The molecular weight excluding hydrogens is 336 g/mol. The molecule has 4 nitrogen and oxygen atoms in total. The molecule has 1 heterocycles. The van der Waals surface area contributed by atoms with Gasteiger partial charge in [0.2, 0.25) is 5.91 Å². The van der Waals surface area contributed by atoms with E-state index in [1.807, 2.05) is 55.5 Å². The Balaban J connectivity index is 1.57. The van der Waals surface area contributed by atoms with Crippen LogP contribution in [-0.4, -0.2) is 19.0 Å². The van der Waals surface area contributed by atoms with E-state index >= 15 is 0 Å². The van der Waals surface area contributed by atoms with Gasteiger partial charge in [0.25, 0.3) is 0 Å². The highest BCUT2D eigenvalue weighted by molar-refractivity contribution is 5.91. The molecule has 2 N–H and O–H groups in total. The monoisotopic (exact) mass is 366 g/mol. The third kappa shape index (κ3) is 5.57. The van der Waals surface area contributed by atoms with E-state index in [1.165, 1.54) is 12.8 Å². The van der Waals surface area contributed by atoms with Crippen molar-refractivity contribution in [2.24, 2.45) is 11.8 Å². The number of nitrogens with one attached hydrogen (secondary N) is 2. The lowest BCUT2D eigenvalue weighted by molar-refractivity contribution is -0.117. The van der Waals surface area contributed by atoms with E-state index < -0.39 is 0 Å². The van der Waals surface area contributed by atoms with Crippen molar-refractivity contribution in [1.82, 2.24) is 5.32 Å². The lowest BCUT2D eigenvalue weighted by Crippen LogP contribution is -2.32. The van der Waals surface area contributed by atoms with Gasteiger partial charge in [0, 0.05) is 12.1 Å². The maximum atomic E-state index is 12.6. The van der Waals surface area contributed by atoms with Crippen molar-refractivity contribution in [2.45, 2.75) is 39.7 Å². The van der Waals surface area contributed by atoms with E-state index in [9.17, 15) is 4.79 Å². The molecule has 2 aromatic carbocycles. The molecule has 1 aliphatic heterocycles. The van der Waals surface area contributed by atoms with Gasteiger partial charge in [-0.05, 0) is 74.0 Å². The summed E-state index contributed by atoms with van der Waals surface area (Å²) in [5.41, 5.74) is 3.03. The highest BCUT2D eigenvalue weighted by Gasteiger charge is 2.22. The van der Waals surface area contributed by atoms with Gasteiger partial charge in [0.1, 0.15) is 12.4 Å². The first-order valence-electron chi connectivity index (χ1n) is 9.90. The molecule has 0 radical (unpaired) electrons. The average Bonchev–Trinajstić information content (AvgIpc) is 2.70. The average molecular weight is 367 g/mol. The minimum atomic E-state index is 0.102. The van der Waals surface area contributed by atoms with Crippen LogP contribution in [0.4, 0.5) is 5.69 Å². The molecule has 1 aliphatic rings. The van der Waals surface area contributed by atoms with Crippen LogP contribution in [0.3, 0.4) is 0 Å². The first-order chi connectivity index (χ1) is 13.1. The topological polar surface area (TPSA) is 50.4 Å². The van der Waals surface area contributed by atoms with Gasteiger partial charge in [0.05, 0.1) is 0 Å². The van der Waals surface area contributed by atoms with Crippen LogP contribution in [-0.2, 0) is 11.4 Å². The molecule has 0 aromatic heterocycles. The summed E-state index contributed by atoms with van der Waals surface area (Å²) in [6, 6.07) is 15.8. The lowest BCUT2D eigenvalue weighted by Gasteiger charge is -2.28. The highest BCUT2D eigenvalue weighted by atomic mass is 16.5. The Labute approximate surface area is 162 Å². The fourth-order valence-electron chi connectivity index (χ4n) is 3.73. The quantitative estimate of drug-likeness (QED) is 0.756. The van der Waals surface area contributed by atoms with Crippen molar-refractivity contribution in [3.05, 3.63) is 59.7 Å². The molecule has 3 rings (SSSR count). The zero-order valence-corrected chi connectivity index (χ0v) is 16.3. The number of hydrogen-bond acceptors (Lipinski definition) is 3. The number of hydrogen-bond donors (Lipinski definition) is 2. The van der Waals surface area contributed by atoms with Gasteiger partial charge < -0.3 is 15.4 Å². The van der Waals surface area contributed by atoms with Gasteiger partial charge in [0.15, 0.2) is 0 Å². The summed E-state index contributed by atoms with van der Waals surface area (Å²) in [5.74, 6) is 2.01. The molecule has 1 fully saturated rings. The van der Waals surface area contributed by atoms with Crippen molar-refractivity contribution in [2.75, 3.05) is 18.4 Å². The minimum absolute atomic E-state index is 0.102. The number of piperidine rings is 1. The maximum Gasteiger partial charge on any atom is 0.224 e. The van der Waals surface area contributed by atoms with Crippen molar-refractivity contribution >= 4 is 11.6 Å². The van der Waals surface area contributed by atoms with Crippen molar-refractivity contribution in [3.63, 3.8) is 0 Å². The Kier molecular flexibility index (Phi) is 6.88. The highest BCUT2D eigenvalue weighted by Crippen LogP contribution is 2.26. The Morgan fingerprint density at radius 1 is 1.15 bits per heavy atom. The molecule has 144 valence electrons. The van der Waals surface area contributed by atoms with Crippen LogP contribution in [0.1, 0.15) is 37.3 Å². The molecule has 1 saturated heterocycles. The first kappa shape index (κ1) is 19.4. The SMILES string of the molecule is Cc1c(COc2ccccc2)cccc1NC(=O)CC(C)C1CCNCC1. The normalized spacial score (nSPS) is 15.9.